The summed E-state index contributed by atoms with van der Waals surface area (Å²) in [6.45, 7) is 5.72. The minimum Gasteiger partial charge on any atom is -0.465 e. The number of nitrogen functional groups attached to an aromatic ring is 1. The third-order valence-corrected chi connectivity index (χ3v) is 6.91. The van der Waals surface area contributed by atoms with Crippen molar-refractivity contribution in [2.24, 2.45) is 12.8 Å². The predicted octanol–water partition coefficient (Wildman–Crippen LogP) is 3.30. The number of amides is 1. The summed E-state index contributed by atoms with van der Waals surface area (Å²) in [5, 5.41) is 14.1. The second-order valence-electron chi connectivity index (χ2n) is 9.42. The van der Waals surface area contributed by atoms with Crippen LogP contribution in [0.25, 0.3) is 11.0 Å². The lowest BCUT2D eigenvalue weighted by Gasteiger charge is -2.33. The fourth-order valence-corrected chi connectivity index (χ4v) is 4.67. The highest BCUT2D eigenvalue weighted by molar-refractivity contribution is 5.95. The van der Waals surface area contributed by atoms with Gasteiger partial charge in [-0.2, -0.15) is 0 Å². The molecule has 5 N–H and O–H groups in total. The van der Waals surface area contributed by atoms with Crippen molar-refractivity contribution in [1.29, 1.82) is 5.41 Å². The lowest BCUT2D eigenvalue weighted by atomic mass is 9.89. The van der Waals surface area contributed by atoms with Gasteiger partial charge < -0.3 is 25.3 Å². The molecule has 0 unspecified atom stereocenters. The van der Waals surface area contributed by atoms with E-state index in [1.54, 1.807) is 19.1 Å². The van der Waals surface area contributed by atoms with Crippen molar-refractivity contribution in [2.75, 3.05) is 31.6 Å². The molecule has 4 rings (SSSR count). The lowest BCUT2D eigenvalue weighted by Crippen LogP contribution is -2.54. The van der Waals surface area contributed by atoms with Crippen LogP contribution in [0.15, 0.2) is 42.5 Å². The second kappa shape index (κ2) is 13.6. The highest BCUT2D eigenvalue weighted by Crippen LogP contribution is 2.29. The molecule has 2 heterocycles. The molecular formula is C27H37Cl2N7O3. The number of ether oxygens (including phenoxy) is 1. The molecule has 2 aromatic carbocycles. The third kappa shape index (κ3) is 7.00. The molecule has 1 amide bonds. The van der Waals surface area contributed by atoms with E-state index in [-0.39, 0.29) is 49.7 Å². The van der Waals surface area contributed by atoms with Crippen LogP contribution >= 0.6 is 24.8 Å². The van der Waals surface area contributed by atoms with Gasteiger partial charge in [0.15, 0.2) is 0 Å². The third-order valence-electron chi connectivity index (χ3n) is 6.91. The van der Waals surface area contributed by atoms with E-state index >= 15 is 0 Å². The summed E-state index contributed by atoms with van der Waals surface area (Å²) in [4.78, 5) is 32.4. The first kappa shape index (κ1) is 31.9. The number of esters is 1. The maximum atomic E-state index is 13.6. The first-order chi connectivity index (χ1) is 17.7. The van der Waals surface area contributed by atoms with E-state index in [9.17, 15) is 9.59 Å². The topological polar surface area (TPSA) is 138 Å². The van der Waals surface area contributed by atoms with Gasteiger partial charge in [0.05, 0.1) is 30.7 Å². The first-order valence-corrected chi connectivity index (χ1v) is 12.6. The van der Waals surface area contributed by atoms with Crippen LogP contribution in [0.4, 0.5) is 5.69 Å². The molecule has 1 aromatic heterocycles. The van der Waals surface area contributed by atoms with Gasteiger partial charge in [0.1, 0.15) is 17.2 Å². The predicted molar refractivity (Wildman–Crippen MR) is 158 cm³/mol. The molecule has 0 bridgehead atoms. The number of carbonyl (C=O) groups is 2. The summed E-state index contributed by atoms with van der Waals surface area (Å²) in [5.74, 6) is 0.409. The smallest absolute Gasteiger partial charge is 0.319 e. The number of fused-ring (bicyclic) bond motifs is 1. The molecule has 0 radical (unpaired) electrons. The van der Waals surface area contributed by atoms with Gasteiger partial charge in [0.2, 0.25) is 5.91 Å². The number of nitrogens with one attached hydrogen (secondary N) is 3. The molecule has 212 valence electrons. The number of nitrogens with zero attached hydrogens (tertiary/aromatic N) is 3. The number of benzene rings is 2. The van der Waals surface area contributed by atoms with E-state index in [1.165, 1.54) is 0 Å². The van der Waals surface area contributed by atoms with Gasteiger partial charge in [0, 0.05) is 31.4 Å². The van der Waals surface area contributed by atoms with Crippen LogP contribution in [0.5, 0.6) is 0 Å². The van der Waals surface area contributed by atoms with Crippen molar-refractivity contribution < 1.29 is 14.3 Å². The van der Waals surface area contributed by atoms with Crippen LogP contribution in [0, 0.1) is 5.41 Å². The number of aromatic nitrogens is 2. The molecule has 10 nitrogen and oxygen atoms in total. The summed E-state index contributed by atoms with van der Waals surface area (Å²) in [6, 6.07) is 13.2. The van der Waals surface area contributed by atoms with Gasteiger partial charge in [-0.15, -0.1) is 24.8 Å². The van der Waals surface area contributed by atoms with Crippen molar-refractivity contribution in [2.45, 2.75) is 38.8 Å². The monoisotopic (exact) mass is 577 g/mol. The number of hydrogen-bond acceptors (Lipinski definition) is 7. The number of imidazole rings is 1. The van der Waals surface area contributed by atoms with Gasteiger partial charge in [0.25, 0.3) is 0 Å². The SMILES string of the molecule is CCOC(=O)CN[C@@](C)(C(=O)N1CCCC1)c1ccc2c(c1)nc(CNc1ccc(C(=N)N)cc1)n2C.Cl.Cl. The molecule has 1 atom stereocenters. The van der Waals surface area contributed by atoms with Gasteiger partial charge in [-0.05, 0) is 68.7 Å². The lowest BCUT2D eigenvalue weighted by molar-refractivity contribution is -0.143. The number of amidine groups is 1. The quantitative estimate of drug-likeness (QED) is 0.165. The Kier molecular flexibility index (Phi) is 11.1. The molecule has 0 spiro atoms. The molecule has 1 fully saturated rings. The zero-order valence-corrected chi connectivity index (χ0v) is 24.1. The number of hydrogen-bond donors (Lipinski definition) is 4. The molecule has 1 aliphatic rings. The number of halogens is 2. The van der Waals surface area contributed by atoms with Gasteiger partial charge in [-0.25, -0.2) is 4.98 Å². The highest BCUT2D eigenvalue weighted by Gasteiger charge is 2.39. The highest BCUT2D eigenvalue weighted by atomic mass is 35.5. The Hall–Kier alpha value is -3.34. The Balaban J connectivity index is 0.00000267. The molecular weight excluding hydrogens is 541 g/mol. The van der Waals surface area contributed by atoms with E-state index in [4.69, 9.17) is 20.9 Å². The molecule has 39 heavy (non-hydrogen) atoms. The Morgan fingerprint density at radius 3 is 2.41 bits per heavy atom. The summed E-state index contributed by atoms with van der Waals surface area (Å²) in [7, 11) is 1.96. The van der Waals surface area contributed by atoms with Gasteiger partial charge in [-0.1, -0.05) is 6.07 Å². The Labute approximate surface area is 241 Å². The average molecular weight is 579 g/mol. The maximum Gasteiger partial charge on any atom is 0.319 e. The molecule has 3 aromatic rings. The van der Waals surface area contributed by atoms with Crippen molar-refractivity contribution in [1.82, 2.24) is 19.8 Å². The van der Waals surface area contributed by atoms with Crippen molar-refractivity contribution in [3.05, 3.63) is 59.4 Å². The molecule has 0 saturated carbocycles. The minimum atomic E-state index is -1.10. The van der Waals surface area contributed by atoms with E-state index < -0.39 is 11.5 Å². The Morgan fingerprint density at radius 2 is 1.79 bits per heavy atom. The molecule has 1 aliphatic heterocycles. The second-order valence-corrected chi connectivity index (χ2v) is 9.42. The summed E-state index contributed by atoms with van der Waals surface area (Å²) in [5.41, 5.74) is 8.45. The van der Waals surface area contributed by atoms with Crippen molar-refractivity contribution in [3.63, 3.8) is 0 Å². The fourth-order valence-electron chi connectivity index (χ4n) is 4.67. The average Bonchev–Trinajstić information content (AvgIpc) is 3.54. The standard InChI is InChI=1S/C27H35N7O3.2ClH/c1-4-37-24(35)17-31-27(2,26(36)34-13-5-6-14-34)19-9-12-22-21(15-19)32-23(33(22)3)16-30-20-10-7-18(8-11-20)25(28)29;;/h7-12,15,30-31H,4-6,13-14,16-17H2,1-3H3,(H3,28,29);2*1H/t27-;;/m1../s1. The van der Waals surface area contributed by atoms with Crippen LogP contribution < -0.4 is 16.4 Å². The van der Waals surface area contributed by atoms with E-state index in [0.717, 1.165) is 41.0 Å². The zero-order valence-electron chi connectivity index (χ0n) is 22.5. The summed E-state index contributed by atoms with van der Waals surface area (Å²) >= 11 is 0. The first-order valence-electron chi connectivity index (χ1n) is 12.6. The van der Waals surface area contributed by atoms with E-state index in [2.05, 4.69) is 10.6 Å². The van der Waals surface area contributed by atoms with Crippen LogP contribution in [0.2, 0.25) is 0 Å². The van der Waals surface area contributed by atoms with Gasteiger partial charge in [-0.3, -0.25) is 20.3 Å². The fraction of sp³-hybridized carbons (Fsp3) is 0.407. The molecule has 1 saturated heterocycles. The van der Waals surface area contributed by atoms with Crippen LogP contribution in [-0.4, -0.2) is 58.4 Å². The van der Waals surface area contributed by atoms with Crippen molar-refractivity contribution >= 4 is 59.2 Å². The van der Waals surface area contributed by atoms with Crippen molar-refractivity contribution in [3.8, 4) is 0 Å². The number of anilines is 1. The zero-order chi connectivity index (χ0) is 26.6. The number of rotatable bonds is 10. The van der Waals surface area contributed by atoms with Crippen LogP contribution in [-0.2, 0) is 33.5 Å². The Bertz CT molecular complexity index is 1310. The van der Waals surface area contributed by atoms with Crippen LogP contribution in [0.3, 0.4) is 0 Å². The maximum absolute atomic E-state index is 13.6. The van der Waals surface area contributed by atoms with E-state index in [0.29, 0.717) is 25.2 Å². The van der Waals surface area contributed by atoms with Crippen LogP contribution in [0.1, 0.15) is 43.6 Å². The molecule has 12 heteroatoms. The number of carbonyl (C=O) groups excluding carboxylic acids is 2. The number of likely N-dealkylation sites (tertiary alicyclic amines) is 1. The Morgan fingerprint density at radius 1 is 1.13 bits per heavy atom. The molecule has 0 aliphatic carbocycles. The van der Waals surface area contributed by atoms with E-state index in [1.807, 2.05) is 53.8 Å². The normalized spacial score (nSPS) is 14.2. The van der Waals surface area contributed by atoms with Gasteiger partial charge >= 0.3 is 5.97 Å². The summed E-state index contributed by atoms with van der Waals surface area (Å²) < 4.78 is 7.10. The summed E-state index contributed by atoms with van der Waals surface area (Å²) in [6.07, 6.45) is 1.96. The minimum absolute atomic E-state index is 0. The number of aryl methyl sites for hydroxylation is 1. The number of nitrogens with two attached hydrogens (primary N) is 1. The largest absolute Gasteiger partial charge is 0.465 e.